The first-order valence-corrected chi connectivity index (χ1v) is 9.66. The number of rotatable bonds is 5. The van der Waals surface area contributed by atoms with Gasteiger partial charge in [-0.1, -0.05) is 24.3 Å². The van der Waals surface area contributed by atoms with Gasteiger partial charge >= 0.3 is 0 Å². The summed E-state index contributed by atoms with van der Waals surface area (Å²) in [6.45, 7) is 0.372. The number of para-hydroxylation sites is 1. The zero-order valence-electron chi connectivity index (χ0n) is 14.3. The molecule has 0 unspecified atom stereocenters. The first-order valence-electron chi connectivity index (χ1n) is 8.87. The molecule has 1 fully saturated rings. The van der Waals surface area contributed by atoms with E-state index in [9.17, 15) is 4.79 Å². The Bertz CT molecular complexity index is 932. The van der Waals surface area contributed by atoms with Gasteiger partial charge in [-0.25, -0.2) is 4.98 Å². The molecular weight excluding hydrogens is 394 g/mol. The van der Waals surface area contributed by atoms with Crippen molar-refractivity contribution in [2.24, 2.45) is 0 Å². The lowest BCUT2D eigenvalue weighted by atomic mass is 10.2. The van der Waals surface area contributed by atoms with E-state index in [4.69, 9.17) is 4.74 Å². The van der Waals surface area contributed by atoms with Crippen molar-refractivity contribution in [3.63, 3.8) is 0 Å². The quantitative estimate of drug-likeness (QED) is 0.643. The highest BCUT2D eigenvalue weighted by Gasteiger charge is 2.20. The molecule has 0 bridgehead atoms. The van der Waals surface area contributed by atoms with Crippen molar-refractivity contribution in [2.75, 3.05) is 0 Å². The molecule has 0 radical (unpaired) electrons. The van der Waals surface area contributed by atoms with Gasteiger partial charge < -0.3 is 15.0 Å². The Balaban J connectivity index is 1.48. The number of pyridine rings is 1. The highest BCUT2D eigenvalue weighted by atomic mass is 79.9. The van der Waals surface area contributed by atoms with Crippen LogP contribution in [0.3, 0.4) is 0 Å². The number of H-pyrrole nitrogens is 1. The van der Waals surface area contributed by atoms with Crippen molar-refractivity contribution in [3.05, 3.63) is 58.3 Å². The minimum absolute atomic E-state index is 0.163. The Hall–Kier alpha value is -2.34. The van der Waals surface area contributed by atoms with Crippen LogP contribution in [0.15, 0.2) is 47.1 Å². The molecule has 0 atom stereocenters. The molecule has 26 heavy (non-hydrogen) atoms. The number of aromatic amines is 1. The Morgan fingerprint density at radius 1 is 1.23 bits per heavy atom. The van der Waals surface area contributed by atoms with E-state index in [0.717, 1.165) is 33.8 Å². The van der Waals surface area contributed by atoms with Crippen LogP contribution in [-0.2, 0) is 6.54 Å². The van der Waals surface area contributed by atoms with Gasteiger partial charge in [0.15, 0.2) is 0 Å². The third-order valence-electron chi connectivity index (χ3n) is 4.74. The second-order valence-corrected chi connectivity index (χ2v) is 7.33. The third kappa shape index (κ3) is 3.46. The maximum absolute atomic E-state index is 12.6. The van der Waals surface area contributed by atoms with E-state index < -0.39 is 0 Å². The van der Waals surface area contributed by atoms with Gasteiger partial charge in [-0.15, -0.1) is 0 Å². The summed E-state index contributed by atoms with van der Waals surface area (Å²) in [5.74, 6) is 0.458. The fraction of sp³-hybridized carbons (Fsp3) is 0.300. The number of hydrogen-bond donors (Lipinski definition) is 2. The van der Waals surface area contributed by atoms with Crippen molar-refractivity contribution in [1.82, 2.24) is 15.3 Å². The number of nitrogens with zero attached hydrogens (tertiary/aromatic N) is 1. The van der Waals surface area contributed by atoms with Crippen molar-refractivity contribution in [3.8, 4) is 5.88 Å². The Morgan fingerprint density at radius 2 is 2.04 bits per heavy atom. The van der Waals surface area contributed by atoms with Gasteiger partial charge in [-0.2, -0.15) is 0 Å². The van der Waals surface area contributed by atoms with Crippen molar-refractivity contribution in [2.45, 2.75) is 38.3 Å². The molecule has 1 aliphatic carbocycles. The highest BCUT2D eigenvalue weighted by molar-refractivity contribution is 9.10. The Labute approximate surface area is 160 Å². The molecule has 3 aromatic rings. The maximum atomic E-state index is 12.6. The van der Waals surface area contributed by atoms with E-state index in [0.29, 0.717) is 18.1 Å². The summed E-state index contributed by atoms with van der Waals surface area (Å²) < 4.78 is 6.81. The normalized spacial score (nSPS) is 14.7. The number of fused-ring (bicyclic) bond motifs is 1. The van der Waals surface area contributed by atoms with E-state index in [2.05, 4.69) is 31.2 Å². The van der Waals surface area contributed by atoms with Gasteiger partial charge in [0.05, 0.1) is 4.47 Å². The van der Waals surface area contributed by atoms with Crippen LogP contribution in [0.2, 0.25) is 0 Å². The van der Waals surface area contributed by atoms with Gasteiger partial charge in [0.1, 0.15) is 11.8 Å². The smallest absolute Gasteiger partial charge is 0.269 e. The molecule has 1 aromatic carbocycles. The molecule has 0 aliphatic heterocycles. The lowest BCUT2D eigenvalue weighted by Gasteiger charge is -2.15. The Morgan fingerprint density at radius 3 is 2.85 bits per heavy atom. The topological polar surface area (TPSA) is 67.0 Å². The summed E-state index contributed by atoms with van der Waals surface area (Å²) in [6, 6.07) is 11.6. The predicted molar refractivity (Wildman–Crippen MR) is 104 cm³/mol. The molecule has 4 rings (SSSR count). The first-order chi connectivity index (χ1) is 12.7. The van der Waals surface area contributed by atoms with Crippen molar-refractivity contribution < 1.29 is 9.53 Å². The lowest BCUT2D eigenvalue weighted by Crippen LogP contribution is -2.24. The van der Waals surface area contributed by atoms with Crippen LogP contribution in [-0.4, -0.2) is 22.0 Å². The molecule has 0 spiro atoms. The van der Waals surface area contributed by atoms with Crippen molar-refractivity contribution in [1.29, 1.82) is 0 Å². The first kappa shape index (κ1) is 17.1. The summed E-state index contributed by atoms with van der Waals surface area (Å²) in [4.78, 5) is 20.2. The van der Waals surface area contributed by atoms with Crippen LogP contribution < -0.4 is 10.1 Å². The van der Waals surface area contributed by atoms with Gasteiger partial charge in [0.25, 0.3) is 5.91 Å². The number of carbonyl (C=O) groups excluding carboxylic acids is 1. The number of nitrogens with one attached hydrogen (secondary N) is 2. The molecule has 2 heterocycles. The number of benzene rings is 1. The van der Waals surface area contributed by atoms with Gasteiger partial charge in [0, 0.05) is 29.2 Å². The summed E-state index contributed by atoms with van der Waals surface area (Å²) >= 11 is 3.52. The number of amides is 1. The lowest BCUT2D eigenvalue weighted by molar-refractivity contribution is 0.0945. The van der Waals surface area contributed by atoms with Gasteiger partial charge in [-0.05, 0) is 53.7 Å². The molecule has 6 heteroatoms. The minimum Gasteiger partial charge on any atom is -0.474 e. The Kier molecular flexibility index (Phi) is 4.93. The van der Waals surface area contributed by atoms with Crippen LogP contribution in [0.1, 0.15) is 41.7 Å². The maximum Gasteiger partial charge on any atom is 0.269 e. The molecule has 2 aromatic heterocycles. The summed E-state index contributed by atoms with van der Waals surface area (Å²) in [6.07, 6.45) is 6.52. The number of halogens is 1. The van der Waals surface area contributed by atoms with Crippen LogP contribution in [0.4, 0.5) is 0 Å². The standard InChI is InChI=1S/C20H20BrN3O2/c21-17-15-9-3-4-10-16(15)24-18(17)19(25)23-12-13-6-5-11-22-20(13)26-14-7-1-2-8-14/h3-6,9-11,14,24H,1-2,7-8,12H2,(H,23,25). The third-order valence-corrected chi connectivity index (χ3v) is 5.56. The van der Waals surface area contributed by atoms with Crippen LogP contribution in [0, 0.1) is 0 Å². The number of aromatic nitrogens is 2. The molecule has 1 aliphatic rings. The zero-order chi connectivity index (χ0) is 17.9. The predicted octanol–water partition coefficient (Wildman–Crippen LogP) is 4.58. The average molecular weight is 414 g/mol. The molecular formula is C20H20BrN3O2. The van der Waals surface area contributed by atoms with E-state index in [1.54, 1.807) is 6.20 Å². The number of hydrogen-bond acceptors (Lipinski definition) is 3. The second-order valence-electron chi connectivity index (χ2n) is 6.53. The SMILES string of the molecule is O=C(NCc1cccnc1OC1CCCC1)c1[nH]c2ccccc2c1Br. The fourth-order valence-electron chi connectivity index (χ4n) is 3.36. The highest BCUT2D eigenvalue weighted by Crippen LogP contribution is 2.28. The number of carbonyl (C=O) groups is 1. The second kappa shape index (κ2) is 7.50. The zero-order valence-corrected chi connectivity index (χ0v) is 15.9. The van der Waals surface area contributed by atoms with Crippen molar-refractivity contribution >= 4 is 32.7 Å². The number of ether oxygens (including phenoxy) is 1. The average Bonchev–Trinajstić information content (AvgIpc) is 3.29. The summed E-state index contributed by atoms with van der Waals surface area (Å²) in [5.41, 5.74) is 2.34. The van der Waals surface area contributed by atoms with E-state index in [1.807, 2.05) is 36.4 Å². The minimum atomic E-state index is -0.163. The molecule has 5 nitrogen and oxygen atoms in total. The fourth-order valence-corrected chi connectivity index (χ4v) is 3.98. The van der Waals surface area contributed by atoms with Gasteiger partial charge in [-0.3, -0.25) is 4.79 Å². The van der Waals surface area contributed by atoms with Gasteiger partial charge in [0.2, 0.25) is 5.88 Å². The molecule has 0 saturated heterocycles. The van der Waals surface area contributed by atoms with Crippen LogP contribution in [0.5, 0.6) is 5.88 Å². The summed E-state index contributed by atoms with van der Waals surface area (Å²) in [5, 5.41) is 3.95. The van der Waals surface area contributed by atoms with Crippen LogP contribution in [0.25, 0.3) is 10.9 Å². The van der Waals surface area contributed by atoms with E-state index >= 15 is 0 Å². The van der Waals surface area contributed by atoms with E-state index in [-0.39, 0.29) is 12.0 Å². The largest absolute Gasteiger partial charge is 0.474 e. The monoisotopic (exact) mass is 413 g/mol. The molecule has 2 N–H and O–H groups in total. The molecule has 134 valence electrons. The van der Waals surface area contributed by atoms with E-state index in [1.165, 1.54) is 12.8 Å². The van der Waals surface area contributed by atoms with Crippen LogP contribution >= 0.6 is 15.9 Å². The molecule has 1 saturated carbocycles. The molecule has 1 amide bonds. The summed E-state index contributed by atoms with van der Waals surface area (Å²) in [7, 11) is 0.